The summed E-state index contributed by atoms with van der Waals surface area (Å²) < 4.78 is 33.8. The molecule has 234 valence electrons. The van der Waals surface area contributed by atoms with Gasteiger partial charge in [-0.05, 0) is 6.42 Å². The van der Waals surface area contributed by atoms with Gasteiger partial charge in [0.2, 0.25) is 0 Å². The molecule has 0 spiro atoms. The van der Waals surface area contributed by atoms with Gasteiger partial charge in [-0.1, -0.05) is 117 Å². The lowest BCUT2D eigenvalue weighted by molar-refractivity contribution is -0.870. The van der Waals surface area contributed by atoms with Crippen LogP contribution in [0.3, 0.4) is 0 Å². The van der Waals surface area contributed by atoms with Gasteiger partial charge in [-0.15, -0.1) is 0 Å². The predicted octanol–water partition coefficient (Wildman–Crippen LogP) is 7.82. The fourth-order valence-electron chi connectivity index (χ4n) is 4.17. The Morgan fingerprint density at radius 2 is 1.15 bits per heavy atom. The van der Waals surface area contributed by atoms with Crippen LogP contribution in [0.2, 0.25) is 0 Å². The molecule has 0 aliphatic heterocycles. The highest BCUT2D eigenvalue weighted by Gasteiger charge is 2.26. The SMILES string of the molecule is CCCCCCCCCCCCCCCCCCCOCC(COP(=O)(O)OCC[N+](C)(C)C)OC(=O)CC. The summed E-state index contributed by atoms with van der Waals surface area (Å²) in [5.74, 6) is -0.399. The van der Waals surface area contributed by atoms with Crippen molar-refractivity contribution in [1.29, 1.82) is 0 Å². The lowest BCUT2D eigenvalue weighted by Crippen LogP contribution is -2.37. The maximum Gasteiger partial charge on any atom is 0.472 e. The van der Waals surface area contributed by atoms with Gasteiger partial charge in [-0.3, -0.25) is 13.8 Å². The van der Waals surface area contributed by atoms with Crippen molar-refractivity contribution >= 4 is 13.8 Å². The van der Waals surface area contributed by atoms with E-state index in [1.54, 1.807) is 6.92 Å². The van der Waals surface area contributed by atoms with E-state index in [1.807, 2.05) is 21.1 Å². The van der Waals surface area contributed by atoms with Gasteiger partial charge in [0.15, 0.2) is 0 Å². The second kappa shape index (κ2) is 25.2. The number of quaternary nitrogens is 1. The molecule has 0 aromatic heterocycles. The summed E-state index contributed by atoms with van der Waals surface area (Å²) >= 11 is 0. The first-order valence-electron chi connectivity index (χ1n) is 15.8. The standard InChI is InChI=1S/C30H62NO7P/c1-6-8-9-10-11-12-13-14-15-16-17-18-19-20-21-22-23-25-35-27-29(38-30(32)7-2)28-37-39(33,34)36-26-24-31(3,4)5/h29H,6-28H2,1-5H3/p+1. The molecule has 0 saturated heterocycles. The topological polar surface area (TPSA) is 91.3 Å². The first-order chi connectivity index (χ1) is 18.6. The maximum absolute atomic E-state index is 12.1. The zero-order valence-electron chi connectivity index (χ0n) is 26.1. The van der Waals surface area contributed by atoms with E-state index in [0.29, 0.717) is 17.6 Å². The maximum atomic E-state index is 12.1. The number of phosphoric acid groups is 1. The highest BCUT2D eigenvalue weighted by molar-refractivity contribution is 7.47. The second-order valence-electron chi connectivity index (χ2n) is 11.8. The predicted molar refractivity (Wildman–Crippen MR) is 160 cm³/mol. The number of unbranched alkanes of at least 4 members (excludes halogenated alkanes) is 16. The minimum Gasteiger partial charge on any atom is -0.457 e. The highest BCUT2D eigenvalue weighted by Crippen LogP contribution is 2.43. The summed E-state index contributed by atoms with van der Waals surface area (Å²) in [5.41, 5.74) is 0. The summed E-state index contributed by atoms with van der Waals surface area (Å²) in [4.78, 5) is 21.6. The van der Waals surface area contributed by atoms with Crippen molar-refractivity contribution in [3.63, 3.8) is 0 Å². The number of hydrogen-bond acceptors (Lipinski definition) is 6. The third-order valence-electron chi connectivity index (χ3n) is 6.72. The van der Waals surface area contributed by atoms with Crippen LogP contribution in [0.5, 0.6) is 0 Å². The lowest BCUT2D eigenvalue weighted by Gasteiger charge is -2.24. The number of rotatable bonds is 29. The Bertz CT molecular complexity index is 613. The number of hydrogen-bond donors (Lipinski definition) is 1. The Hall–Kier alpha value is -0.500. The third-order valence-corrected chi connectivity index (χ3v) is 7.71. The van der Waals surface area contributed by atoms with Crippen molar-refractivity contribution in [3.8, 4) is 0 Å². The van der Waals surface area contributed by atoms with Gasteiger partial charge in [0.1, 0.15) is 19.3 Å². The van der Waals surface area contributed by atoms with E-state index in [9.17, 15) is 14.3 Å². The molecule has 0 aromatic rings. The number of carbonyl (C=O) groups is 1. The minimum atomic E-state index is -4.22. The molecule has 0 rings (SSSR count). The summed E-state index contributed by atoms with van der Waals surface area (Å²) in [6.07, 6.45) is 22.0. The fourth-order valence-corrected chi connectivity index (χ4v) is 4.92. The van der Waals surface area contributed by atoms with Crippen LogP contribution in [0.25, 0.3) is 0 Å². The average Bonchev–Trinajstić information content (AvgIpc) is 2.87. The second-order valence-corrected chi connectivity index (χ2v) is 13.3. The number of esters is 1. The van der Waals surface area contributed by atoms with E-state index in [0.717, 1.165) is 12.8 Å². The van der Waals surface area contributed by atoms with Crippen molar-refractivity contribution in [3.05, 3.63) is 0 Å². The molecule has 8 nitrogen and oxygen atoms in total. The largest absolute Gasteiger partial charge is 0.472 e. The molecule has 2 atom stereocenters. The monoisotopic (exact) mass is 580 g/mol. The Kier molecular flexibility index (Phi) is 24.9. The Balaban J connectivity index is 3.77. The molecule has 0 bridgehead atoms. The van der Waals surface area contributed by atoms with Gasteiger partial charge < -0.3 is 18.9 Å². The zero-order valence-corrected chi connectivity index (χ0v) is 27.0. The molecule has 0 radical (unpaired) electrons. The van der Waals surface area contributed by atoms with Gasteiger partial charge in [0.05, 0.1) is 34.4 Å². The van der Waals surface area contributed by atoms with E-state index < -0.39 is 19.9 Å². The number of carbonyl (C=O) groups excluding carboxylic acids is 1. The molecule has 0 heterocycles. The lowest BCUT2D eigenvalue weighted by atomic mass is 10.0. The van der Waals surface area contributed by atoms with Gasteiger partial charge >= 0.3 is 13.8 Å². The molecule has 9 heteroatoms. The van der Waals surface area contributed by atoms with Crippen LogP contribution in [-0.4, -0.2) is 75.6 Å². The number of nitrogens with zero attached hydrogens (tertiary/aromatic N) is 1. The van der Waals surface area contributed by atoms with Crippen molar-refractivity contribution in [1.82, 2.24) is 0 Å². The average molecular weight is 581 g/mol. The molecule has 0 amide bonds. The van der Waals surface area contributed by atoms with Crippen LogP contribution < -0.4 is 0 Å². The van der Waals surface area contributed by atoms with Crippen LogP contribution >= 0.6 is 7.82 Å². The van der Waals surface area contributed by atoms with Gasteiger partial charge in [0.25, 0.3) is 0 Å². The molecular weight excluding hydrogens is 517 g/mol. The van der Waals surface area contributed by atoms with Crippen molar-refractivity contribution in [2.45, 2.75) is 136 Å². The first-order valence-corrected chi connectivity index (χ1v) is 17.3. The van der Waals surface area contributed by atoms with Crippen LogP contribution in [0.1, 0.15) is 129 Å². The molecule has 0 aromatic carbocycles. The molecular formula is C30H63NO7P+. The Morgan fingerprint density at radius 1 is 0.692 bits per heavy atom. The molecule has 0 fully saturated rings. The summed E-state index contributed by atoms with van der Waals surface area (Å²) in [5, 5.41) is 0. The first kappa shape index (κ1) is 38.5. The van der Waals surface area contributed by atoms with Gasteiger partial charge in [0, 0.05) is 13.0 Å². The fraction of sp³-hybridized carbons (Fsp3) is 0.967. The molecule has 0 saturated carbocycles. The summed E-state index contributed by atoms with van der Waals surface area (Å²) in [7, 11) is 1.67. The van der Waals surface area contributed by atoms with Crippen LogP contribution in [0.4, 0.5) is 0 Å². The van der Waals surface area contributed by atoms with E-state index in [2.05, 4.69) is 6.92 Å². The van der Waals surface area contributed by atoms with E-state index in [-0.39, 0.29) is 26.2 Å². The molecule has 39 heavy (non-hydrogen) atoms. The molecule has 2 unspecified atom stereocenters. The molecule has 1 N–H and O–H groups in total. The van der Waals surface area contributed by atoms with E-state index >= 15 is 0 Å². The summed E-state index contributed by atoms with van der Waals surface area (Å²) in [6, 6.07) is 0. The smallest absolute Gasteiger partial charge is 0.457 e. The van der Waals surface area contributed by atoms with Crippen LogP contribution in [0, 0.1) is 0 Å². The van der Waals surface area contributed by atoms with Gasteiger partial charge in [-0.2, -0.15) is 0 Å². The van der Waals surface area contributed by atoms with E-state index in [1.165, 1.54) is 96.3 Å². The van der Waals surface area contributed by atoms with Crippen molar-refractivity contribution < 1.29 is 37.3 Å². The Morgan fingerprint density at radius 3 is 1.59 bits per heavy atom. The third kappa shape index (κ3) is 28.8. The normalized spacial score (nSPS) is 14.3. The van der Waals surface area contributed by atoms with Gasteiger partial charge in [-0.25, -0.2) is 4.57 Å². The number of ether oxygens (including phenoxy) is 2. The summed E-state index contributed by atoms with van der Waals surface area (Å²) in [6.45, 7) is 5.07. The zero-order chi connectivity index (χ0) is 29.2. The highest BCUT2D eigenvalue weighted by atomic mass is 31.2. The van der Waals surface area contributed by atoms with E-state index in [4.69, 9.17) is 18.5 Å². The number of likely N-dealkylation sites (N-methyl/N-ethyl adjacent to an activating group) is 1. The minimum absolute atomic E-state index is 0.0898. The number of phosphoric ester groups is 1. The quantitative estimate of drug-likeness (QED) is 0.0417. The Labute approximate surface area is 240 Å². The molecule has 0 aliphatic carbocycles. The van der Waals surface area contributed by atoms with Crippen molar-refractivity contribution in [2.75, 3.05) is 54.1 Å². The van der Waals surface area contributed by atoms with Crippen LogP contribution in [0.15, 0.2) is 0 Å². The molecule has 0 aliphatic rings. The van der Waals surface area contributed by atoms with Crippen LogP contribution in [-0.2, 0) is 27.9 Å². The van der Waals surface area contributed by atoms with Crippen molar-refractivity contribution in [2.24, 2.45) is 0 Å².